The number of aromatic nitrogens is 1. The van der Waals surface area contributed by atoms with Crippen LogP contribution in [0, 0.1) is 6.92 Å². The Hall–Kier alpha value is -2.53. The van der Waals surface area contributed by atoms with Gasteiger partial charge in [0.25, 0.3) is 5.91 Å². The number of carbonyl (C=O) groups excluding carboxylic acids is 1. The van der Waals surface area contributed by atoms with E-state index in [0.717, 1.165) is 15.6 Å². The molecule has 2 atom stereocenters. The summed E-state index contributed by atoms with van der Waals surface area (Å²) in [5, 5.41) is 9.15. The first kappa shape index (κ1) is 23.1. The molecule has 31 heavy (non-hydrogen) atoms. The average Bonchev–Trinajstić information content (AvgIpc) is 2.71. The molecule has 2 heterocycles. The molecule has 0 unspecified atom stereocenters. The van der Waals surface area contributed by atoms with E-state index in [-0.39, 0.29) is 11.4 Å². The molecule has 2 N–H and O–H groups in total. The number of aryl methyl sites for hydroxylation is 1. The van der Waals surface area contributed by atoms with Gasteiger partial charge in [0.1, 0.15) is 18.4 Å². The van der Waals surface area contributed by atoms with Crippen molar-refractivity contribution in [3.8, 4) is 5.75 Å². The number of nitrogens with zero attached hydrogens (tertiary/aromatic N) is 2. The van der Waals surface area contributed by atoms with Crippen molar-refractivity contribution in [1.82, 2.24) is 14.8 Å². The molecule has 1 aliphatic heterocycles. The first-order valence-electron chi connectivity index (χ1n) is 9.83. The minimum atomic E-state index is -4.05. The van der Waals surface area contributed by atoms with E-state index in [2.05, 4.69) is 4.98 Å². The van der Waals surface area contributed by atoms with Crippen LogP contribution in [0.4, 0.5) is 0 Å². The normalized spacial score (nSPS) is 21.5. The zero-order chi connectivity index (χ0) is 22.8. The van der Waals surface area contributed by atoms with E-state index in [0.29, 0.717) is 12.4 Å². The van der Waals surface area contributed by atoms with Gasteiger partial charge in [-0.15, -0.1) is 0 Å². The number of carbonyl (C=O) groups is 1. The maximum absolute atomic E-state index is 13.3. The topological polar surface area (TPSA) is 118 Å². The average molecular weight is 450 g/mol. The second-order valence-electron chi connectivity index (χ2n) is 7.99. The number of nitrogens with one attached hydrogen (secondary N) is 1. The maximum atomic E-state index is 13.3. The second-order valence-corrected chi connectivity index (χ2v) is 9.88. The minimum Gasteiger partial charge on any atom is -0.489 e. The highest BCUT2D eigenvalue weighted by Crippen LogP contribution is 2.33. The fourth-order valence-corrected chi connectivity index (χ4v) is 5.53. The molecule has 0 spiro atoms. The van der Waals surface area contributed by atoms with Gasteiger partial charge in [-0.1, -0.05) is 6.07 Å². The van der Waals surface area contributed by atoms with E-state index < -0.39 is 33.7 Å². The van der Waals surface area contributed by atoms with E-state index in [4.69, 9.17) is 14.7 Å². The molecule has 1 aromatic carbocycles. The number of pyridine rings is 1. The largest absolute Gasteiger partial charge is 0.489 e. The lowest BCUT2D eigenvalue weighted by Crippen LogP contribution is -2.65. The van der Waals surface area contributed by atoms with Gasteiger partial charge in [-0.05, 0) is 58.0 Å². The predicted molar refractivity (Wildman–Crippen MR) is 112 cm³/mol. The monoisotopic (exact) mass is 449 g/mol. The van der Waals surface area contributed by atoms with Gasteiger partial charge >= 0.3 is 0 Å². The Morgan fingerprint density at radius 2 is 2.00 bits per heavy atom. The molecular weight excluding hydrogens is 422 g/mol. The molecule has 0 bridgehead atoms. The van der Waals surface area contributed by atoms with Crippen LogP contribution in [0.5, 0.6) is 5.75 Å². The lowest BCUT2D eigenvalue weighted by Gasteiger charge is -2.46. The van der Waals surface area contributed by atoms with Gasteiger partial charge in [0.15, 0.2) is 0 Å². The summed E-state index contributed by atoms with van der Waals surface area (Å²) in [4.78, 5) is 16.5. The number of amides is 1. The summed E-state index contributed by atoms with van der Waals surface area (Å²) in [6.07, 6.45) is 1.27. The van der Waals surface area contributed by atoms with E-state index in [1.54, 1.807) is 44.6 Å². The van der Waals surface area contributed by atoms with Gasteiger partial charge in [-0.2, -0.15) is 4.31 Å². The number of benzene rings is 1. The van der Waals surface area contributed by atoms with Crippen LogP contribution in [-0.2, 0) is 26.2 Å². The van der Waals surface area contributed by atoms with Crippen molar-refractivity contribution in [3.05, 3.63) is 53.9 Å². The van der Waals surface area contributed by atoms with E-state index in [1.807, 2.05) is 19.1 Å². The molecule has 1 fully saturated rings. The minimum absolute atomic E-state index is 0.0121. The third-order valence-corrected chi connectivity index (χ3v) is 7.03. The summed E-state index contributed by atoms with van der Waals surface area (Å²) >= 11 is 0. The summed E-state index contributed by atoms with van der Waals surface area (Å²) < 4.78 is 39.3. The Morgan fingerprint density at radius 1 is 1.32 bits per heavy atom. The maximum Gasteiger partial charge on any atom is 0.264 e. The molecule has 3 rings (SSSR count). The Morgan fingerprint density at radius 3 is 2.61 bits per heavy atom. The van der Waals surface area contributed by atoms with Crippen molar-refractivity contribution in [2.75, 3.05) is 6.54 Å². The summed E-state index contributed by atoms with van der Waals surface area (Å²) in [6.45, 7) is 7.12. The molecule has 0 aliphatic carbocycles. The van der Waals surface area contributed by atoms with Crippen LogP contribution in [0.3, 0.4) is 0 Å². The fraction of sp³-hybridized carbons (Fsp3) is 0.429. The van der Waals surface area contributed by atoms with Crippen LogP contribution in [0.15, 0.2) is 47.5 Å². The van der Waals surface area contributed by atoms with Crippen LogP contribution < -0.4 is 10.2 Å². The van der Waals surface area contributed by atoms with Crippen LogP contribution in [-0.4, -0.2) is 53.1 Å². The fourth-order valence-electron chi connectivity index (χ4n) is 3.74. The van der Waals surface area contributed by atoms with Gasteiger partial charge in [-0.25, -0.2) is 13.9 Å². The number of sulfonamides is 1. The standard InChI is InChI=1S/C21H27N3O6S/c1-14-12-24(19(20(25)23-26)21(3,4)30-14)31(27,28)18-9-7-17(8-10-18)29-13-16-6-5-11-22-15(16)2/h5-11,14,19,26H,12-13H2,1-4H3,(H,23,25)/t14-,19-/m0/s1. The quantitative estimate of drug-likeness (QED) is 0.512. The van der Waals surface area contributed by atoms with E-state index in [1.165, 1.54) is 12.1 Å². The van der Waals surface area contributed by atoms with E-state index >= 15 is 0 Å². The van der Waals surface area contributed by atoms with Crippen LogP contribution in [0.25, 0.3) is 0 Å². The third-order valence-electron chi connectivity index (χ3n) is 5.19. The SMILES string of the molecule is Cc1ncccc1COc1ccc(S(=O)(=O)N2C[C@H](C)OC(C)(C)[C@@H]2C(=O)NO)cc1. The van der Waals surface area contributed by atoms with Gasteiger partial charge in [0.2, 0.25) is 10.0 Å². The highest BCUT2D eigenvalue weighted by atomic mass is 32.2. The summed E-state index contributed by atoms with van der Waals surface area (Å²) in [5.74, 6) is -0.352. The Balaban J connectivity index is 1.83. The number of hydrogen-bond donors (Lipinski definition) is 2. The number of rotatable bonds is 6. The van der Waals surface area contributed by atoms with Crippen molar-refractivity contribution in [2.24, 2.45) is 0 Å². The first-order valence-corrected chi connectivity index (χ1v) is 11.3. The molecule has 168 valence electrons. The Bertz CT molecular complexity index is 1040. The second kappa shape index (κ2) is 8.91. The molecule has 1 aliphatic rings. The summed E-state index contributed by atoms with van der Waals surface area (Å²) in [5.41, 5.74) is 2.21. The molecule has 0 radical (unpaired) electrons. The molecule has 9 nitrogen and oxygen atoms in total. The molecule has 1 saturated heterocycles. The number of ether oxygens (including phenoxy) is 2. The van der Waals surface area contributed by atoms with Gasteiger partial charge in [0.05, 0.1) is 16.6 Å². The zero-order valence-electron chi connectivity index (χ0n) is 17.9. The lowest BCUT2D eigenvalue weighted by atomic mass is 9.95. The van der Waals surface area contributed by atoms with Crippen molar-refractivity contribution in [3.63, 3.8) is 0 Å². The highest BCUT2D eigenvalue weighted by molar-refractivity contribution is 7.89. The van der Waals surface area contributed by atoms with Crippen LogP contribution >= 0.6 is 0 Å². The van der Waals surface area contributed by atoms with Gasteiger partial charge in [0, 0.05) is 24.0 Å². The van der Waals surface area contributed by atoms with Crippen molar-refractivity contribution >= 4 is 15.9 Å². The smallest absolute Gasteiger partial charge is 0.264 e. The van der Waals surface area contributed by atoms with Crippen LogP contribution in [0.2, 0.25) is 0 Å². The Labute approximate surface area is 182 Å². The van der Waals surface area contributed by atoms with Gasteiger partial charge in [-0.3, -0.25) is 15.0 Å². The Kier molecular flexibility index (Phi) is 6.65. The van der Waals surface area contributed by atoms with Crippen molar-refractivity contribution in [2.45, 2.75) is 56.9 Å². The number of hydroxylamine groups is 1. The lowest BCUT2D eigenvalue weighted by molar-refractivity contribution is -0.167. The van der Waals surface area contributed by atoms with Crippen molar-refractivity contribution in [1.29, 1.82) is 0 Å². The molecular formula is C21H27N3O6S. The molecule has 2 aromatic rings. The molecule has 1 amide bonds. The van der Waals surface area contributed by atoms with E-state index in [9.17, 15) is 13.2 Å². The van der Waals surface area contributed by atoms with Crippen LogP contribution in [0.1, 0.15) is 32.0 Å². The highest BCUT2D eigenvalue weighted by Gasteiger charge is 2.50. The number of hydrogen-bond acceptors (Lipinski definition) is 7. The molecule has 10 heteroatoms. The zero-order valence-corrected chi connectivity index (χ0v) is 18.7. The summed E-state index contributed by atoms with van der Waals surface area (Å²) in [6, 6.07) is 8.50. The van der Waals surface area contributed by atoms with Gasteiger partial charge < -0.3 is 9.47 Å². The molecule has 1 aromatic heterocycles. The van der Waals surface area contributed by atoms with Crippen molar-refractivity contribution < 1.29 is 27.9 Å². The summed E-state index contributed by atoms with van der Waals surface area (Å²) in [7, 11) is -4.05. The molecule has 0 saturated carbocycles. The first-order chi connectivity index (χ1) is 14.6. The third kappa shape index (κ3) is 4.87. The number of morpholine rings is 1. The predicted octanol–water partition coefficient (Wildman–Crippen LogP) is 2.03.